The zero-order valence-corrected chi connectivity index (χ0v) is 33.0. The summed E-state index contributed by atoms with van der Waals surface area (Å²) in [5.74, 6) is 1.22. The van der Waals surface area contributed by atoms with Crippen LogP contribution in [0.15, 0.2) is 36.4 Å². The Hall–Kier alpha value is -4.22. The van der Waals surface area contributed by atoms with Gasteiger partial charge in [0, 0.05) is 88.5 Å². The van der Waals surface area contributed by atoms with Crippen LogP contribution in [0.5, 0.6) is 11.5 Å². The number of benzene rings is 2. The van der Waals surface area contributed by atoms with Crippen molar-refractivity contribution in [2.75, 3.05) is 57.3 Å². The Labute approximate surface area is 320 Å². The highest BCUT2D eigenvalue weighted by Crippen LogP contribution is 2.39. The van der Waals surface area contributed by atoms with Gasteiger partial charge in [-0.15, -0.1) is 0 Å². The second kappa shape index (κ2) is 16.7. The molecule has 3 amide bonds. The SMILES string of the molecule is CC(C)(C)OC(=O)N1CCN(c2cc(F)cc(OC3CCN(C(=O)c4ccc(O[C@H]5CCN(C(=O)OC(C)(C)C)C5)c(C5CCCCC5)c4)CC3)c2)CC1. The molecule has 1 aliphatic carbocycles. The zero-order chi connectivity index (χ0) is 38.6. The summed E-state index contributed by atoms with van der Waals surface area (Å²) in [5.41, 5.74) is 1.35. The number of anilines is 1. The van der Waals surface area contributed by atoms with Crippen molar-refractivity contribution in [3.8, 4) is 11.5 Å². The molecule has 1 atom stereocenters. The molecule has 1 saturated carbocycles. The number of hydrogen-bond acceptors (Lipinski definition) is 8. The molecule has 2 aromatic carbocycles. The number of carbonyl (C=O) groups excluding carboxylic acids is 3. The molecule has 0 N–H and O–H groups in total. The Morgan fingerprint density at radius 2 is 1.26 bits per heavy atom. The topological polar surface area (TPSA) is 101 Å². The van der Waals surface area contributed by atoms with Gasteiger partial charge in [-0.1, -0.05) is 19.3 Å². The molecule has 54 heavy (non-hydrogen) atoms. The average Bonchev–Trinajstić information content (AvgIpc) is 3.59. The number of piperidine rings is 1. The Morgan fingerprint density at radius 1 is 0.648 bits per heavy atom. The monoisotopic (exact) mass is 750 g/mol. The molecule has 0 radical (unpaired) electrons. The van der Waals surface area contributed by atoms with E-state index in [0.29, 0.717) is 82.4 Å². The molecule has 296 valence electrons. The summed E-state index contributed by atoms with van der Waals surface area (Å²) in [6, 6.07) is 10.6. The highest BCUT2D eigenvalue weighted by atomic mass is 19.1. The fourth-order valence-electron chi connectivity index (χ4n) is 7.84. The second-order valence-corrected chi connectivity index (χ2v) is 17.3. The molecular weight excluding hydrogens is 691 g/mol. The normalized spacial score (nSPS) is 20.5. The first-order chi connectivity index (χ1) is 25.6. The maximum Gasteiger partial charge on any atom is 0.410 e. The molecule has 3 aliphatic heterocycles. The summed E-state index contributed by atoms with van der Waals surface area (Å²) in [5, 5.41) is 0. The molecule has 6 rings (SSSR count). The van der Waals surface area contributed by atoms with Gasteiger partial charge in [-0.2, -0.15) is 0 Å². The Morgan fingerprint density at radius 3 is 1.91 bits per heavy atom. The van der Waals surface area contributed by atoms with Crippen LogP contribution in [0, 0.1) is 5.82 Å². The van der Waals surface area contributed by atoms with E-state index in [9.17, 15) is 18.8 Å². The quantitative estimate of drug-likeness (QED) is 0.281. The van der Waals surface area contributed by atoms with Crippen LogP contribution in [0.4, 0.5) is 19.7 Å². The van der Waals surface area contributed by atoms with Gasteiger partial charge in [0.2, 0.25) is 0 Å². The van der Waals surface area contributed by atoms with E-state index in [2.05, 4.69) is 4.90 Å². The number of rotatable bonds is 7. The van der Waals surface area contributed by atoms with E-state index in [-0.39, 0.29) is 36.1 Å². The molecule has 12 heteroatoms. The van der Waals surface area contributed by atoms with Gasteiger partial charge < -0.3 is 38.5 Å². The summed E-state index contributed by atoms with van der Waals surface area (Å²) in [4.78, 5) is 46.4. The predicted molar refractivity (Wildman–Crippen MR) is 205 cm³/mol. The summed E-state index contributed by atoms with van der Waals surface area (Å²) in [6.45, 7) is 15.4. The van der Waals surface area contributed by atoms with Gasteiger partial charge in [-0.3, -0.25) is 4.79 Å². The number of halogens is 1. The van der Waals surface area contributed by atoms with Crippen LogP contribution in [0.2, 0.25) is 0 Å². The molecular formula is C42H59FN4O7. The molecule has 0 bridgehead atoms. The fourth-order valence-corrected chi connectivity index (χ4v) is 7.84. The first-order valence-corrected chi connectivity index (χ1v) is 19.9. The number of piperazine rings is 1. The average molecular weight is 751 g/mol. The van der Waals surface area contributed by atoms with E-state index < -0.39 is 11.2 Å². The lowest BCUT2D eigenvalue weighted by Crippen LogP contribution is -2.50. The third-order valence-electron chi connectivity index (χ3n) is 10.6. The van der Waals surface area contributed by atoms with Gasteiger partial charge in [0.1, 0.15) is 40.7 Å². The van der Waals surface area contributed by atoms with Gasteiger partial charge in [-0.05, 0) is 90.1 Å². The number of likely N-dealkylation sites (tertiary alicyclic amines) is 2. The van der Waals surface area contributed by atoms with Crippen molar-refractivity contribution in [2.24, 2.45) is 0 Å². The van der Waals surface area contributed by atoms with Crippen LogP contribution in [-0.4, -0.2) is 109 Å². The molecule has 0 spiro atoms. The van der Waals surface area contributed by atoms with Crippen LogP contribution in [0.3, 0.4) is 0 Å². The molecule has 3 heterocycles. The van der Waals surface area contributed by atoms with Crippen molar-refractivity contribution in [1.29, 1.82) is 0 Å². The fraction of sp³-hybridized carbons (Fsp3) is 0.643. The molecule has 2 aromatic rings. The van der Waals surface area contributed by atoms with Crippen LogP contribution in [0.1, 0.15) is 115 Å². The minimum atomic E-state index is -0.558. The first-order valence-electron chi connectivity index (χ1n) is 19.9. The van der Waals surface area contributed by atoms with Crippen molar-refractivity contribution >= 4 is 23.8 Å². The van der Waals surface area contributed by atoms with Gasteiger partial charge in [0.15, 0.2) is 0 Å². The second-order valence-electron chi connectivity index (χ2n) is 17.3. The first kappa shape index (κ1) is 39.5. The Bertz CT molecular complexity index is 1630. The van der Waals surface area contributed by atoms with Crippen LogP contribution >= 0.6 is 0 Å². The Kier molecular flexibility index (Phi) is 12.2. The smallest absolute Gasteiger partial charge is 0.410 e. The number of hydrogen-bond donors (Lipinski definition) is 0. The minimum absolute atomic E-state index is 0.00686. The lowest BCUT2D eigenvalue weighted by molar-refractivity contribution is 0.0237. The lowest BCUT2D eigenvalue weighted by atomic mass is 9.83. The third-order valence-corrected chi connectivity index (χ3v) is 10.6. The Balaban J connectivity index is 1.04. The molecule has 4 aliphatic rings. The number of ether oxygens (including phenoxy) is 4. The van der Waals surface area contributed by atoms with Crippen LogP contribution in [-0.2, 0) is 9.47 Å². The van der Waals surface area contributed by atoms with Crippen molar-refractivity contribution in [2.45, 2.75) is 122 Å². The minimum Gasteiger partial charge on any atom is -0.490 e. The van der Waals surface area contributed by atoms with Crippen LogP contribution in [0.25, 0.3) is 0 Å². The van der Waals surface area contributed by atoms with E-state index in [1.165, 1.54) is 18.6 Å². The molecule has 0 aromatic heterocycles. The molecule has 3 saturated heterocycles. The summed E-state index contributed by atoms with van der Waals surface area (Å²) in [6.07, 6.45) is 6.74. The van der Waals surface area contributed by atoms with E-state index >= 15 is 0 Å². The van der Waals surface area contributed by atoms with Crippen molar-refractivity contribution < 1.29 is 37.7 Å². The standard InChI is InChI=1S/C42H59FN4O7/c1-41(2,3)53-39(49)46-22-20-44(21-23-46)32-25-31(43)26-35(27-32)51-33-14-17-45(18-15-33)38(48)30-12-13-37(36(24-30)29-10-8-7-9-11-29)52-34-16-19-47(28-34)40(50)54-42(4,5)6/h12-13,24-27,29,33-34H,7-11,14-23,28H2,1-6H3/t34-/m0/s1. The molecule has 0 unspecified atom stereocenters. The highest BCUT2D eigenvalue weighted by Gasteiger charge is 2.33. The van der Waals surface area contributed by atoms with E-state index in [1.54, 1.807) is 9.80 Å². The van der Waals surface area contributed by atoms with Gasteiger partial charge >= 0.3 is 12.2 Å². The predicted octanol–water partition coefficient (Wildman–Crippen LogP) is 8.00. The molecule has 4 fully saturated rings. The molecule has 11 nitrogen and oxygen atoms in total. The van der Waals surface area contributed by atoms with E-state index in [1.807, 2.05) is 70.7 Å². The largest absolute Gasteiger partial charge is 0.490 e. The van der Waals surface area contributed by atoms with E-state index in [0.717, 1.165) is 49.1 Å². The number of nitrogens with zero attached hydrogens (tertiary/aromatic N) is 4. The number of amides is 3. The van der Waals surface area contributed by atoms with Crippen molar-refractivity contribution in [3.05, 3.63) is 53.3 Å². The van der Waals surface area contributed by atoms with E-state index in [4.69, 9.17) is 18.9 Å². The lowest BCUT2D eigenvalue weighted by Gasteiger charge is -2.37. The zero-order valence-electron chi connectivity index (χ0n) is 33.0. The van der Waals surface area contributed by atoms with Gasteiger partial charge in [-0.25, -0.2) is 14.0 Å². The van der Waals surface area contributed by atoms with Gasteiger partial charge in [0.25, 0.3) is 5.91 Å². The highest BCUT2D eigenvalue weighted by molar-refractivity contribution is 5.94. The summed E-state index contributed by atoms with van der Waals surface area (Å²) < 4.78 is 38.8. The maximum atomic E-state index is 14.8. The third kappa shape index (κ3) is 10.5. The van der Waals surface area contributed by atoms with Crippen LogP contribution < -0.4 is 14.4 Å². The summed E-state index contributed by atoms with van der Waals surface area (Å²) in [7, 11) is 0. The maximum absolute atomic E-state index is 14.8. The van der Waals surface area contributed by atoms with Crippen molar-refractivity contribution in [1.82, 2.24) is 14.7 Å². The number of carbonyl (C=O) groups is 3. The van der Waals surface area contributed by atoms with Crippen molar-refractivity contribution in [3.63, 3.8) is 0 Å². The summed E-state index contributed by atoms with van der Waals surface area (Å²) >= 11 is 0. The van der Waals surface area contributed by atoms with Gasteiger partial charge in [0.05, 0.1) is 6.54 Å².